The van der Waals surface area contributed by atoms with Gasteiger partial charge in [0.25, 0.3) is 0 Å². The molecule has 2 unspecified atom stereocenters. The summed E-state index contributed by atoms with van der Waals surface area (Å²) in [4.78, 5) is 0. The summed E-state index contributed by atoms with van der Waals surface area (Å²) >= 11 is 0. The molecule has 3 heteroatoms. The van der Waals surface area contributed by atoms with Crippen molar-refractivity contribution in [1.82, 2.24) is 0 Å². The maximum Gasteiger partial charge on any atom is 0.161 e. The lowest BCUT2D eigenvalue weighted by molar-refractivity contribution is -0.0471. The number of aliphatic hydroxyl groups is 1. The smallest absolute Gasteiger partial charge is 0.161 e. The van der Waals surface area contributed by atoms with Crippen LogP contribution in [0.1, 0.15) is 52.0 Å². The summed E-state index contributed by atoms with van der Waals surface area (Å²) in [7, 11) is 0. The lowest BCUT2D eigenvalue weighted by atomic mass is 9.72. The topological polar surface area (TPSA) is 38.7 Å². The minimum atomic E-state index is -0.727. The Bertz CT molecular complexity index is 444. The van der Waals surface area contributed by atoms with Gasteiger partial charge in [0, 0.05) is 0 Å². The molecule has 0 aliphatic heterocycles. The van der Waals surface area contributed by atoms with Crippen molar-refractivity contribution in [2.45, 2.75) is 52.1 Å². The third kappa shape index (κ3) is 2.93. The molecule has 1 N–H and O–H groups in total. The largest absolute Gasteiger partial charge is 0.490 e. The molecule has 0 aromatic heterocycles. The zero-order valence-electron chi connectivity index (χ0n) is 12.8. The second-order valence-corrected chi connectivity index (χ2v) is 5.60. The Morgan fingerprint density at radius 3 is 2.50 bits per heavy atom. The van der Waals surface area contributed by atoms with E-state index in [1.807, 2.05) is 32.0 Å². The minimum absolute atomic E-state index is 0.281. The Morgan fingerprint density at radius 1 is 1.15 bits per heavy atom. The Hall–Kier alpha value is -1.22. The van der Waals surface area contributed by atoms with Crippen LogP contribution in [0.25, 0.3) is 0 Å². The molecular formula is C17H26O3. The molecule has 0 amide bonds. The van der Waals surface area contributed by atoms with Crippen LogP contribution in [0.4, 0.5) is 0 Å². The van der Waals surface area contributed by atoms with E-state index in [4.69, 9.17) is 9.47 Å². The second-order valence-electron chi connectivity index (χ2n) is 5.60. The molecule has 1 aromatic carbocycles. The van der Waals surface area contributed by atoms with Crippen molar-refractivity contribution in [3.63, 3.8) is 0 Å². The van der Waals surface area contributed by atoms with Crippen LogP contribution in [-0.2, 0) is 5.60 Å². The average Bonchev–Trinajstić information content (AvgIpc) is 2.44. The molecule has 0 heterocycles. The van der Waals surface area contributed by atoms with Crippen LogP contribution in [0.2, 0.25) is 0 Å². The molecule has 2 atom stereocenters. The van der Waals surface area contributed by atoms with Crippen LogP contribution < -0.4 is 9.47 Å². The van der Waals surface area contributed by atoms with E-state index < -0.39 is 5.60 Å². The lowest BCUT2D eigenvalue weighted by Crippen LogP contribution is -2.36. The van der Waals surface area contributed by atoms with E-state index >= 15 is 0 Å². The molecule has 20 heavy (non-hydrogen) atoms. The Labute approximate surface area is 121 Å². The highest BCUT2D eigenvalue weighted by molar-refractivity contribution is 5.45. The molecule has 2 rings (SSSR count). The number of hydrogen-bond acceptors (Lipinski definition) is 3. The zero-order valence-corrected chi connectivity index (χ0v) is 12.8. The van der Waals surface area contributed by atoms with Crippen LogP contribution in [0.3, 0.4) is 0 Å². The van der Waals surface area contributed by atoms with Gasteiger partial charge in [-0.05, 0) is 50.3 Å². The lowest BCUT2D eigenvalue weighted by Gasteiger charge is -2.38. The molecule has 1 saturated carbocycles. The molecule has 3 nitrogen and oxygen atoms in total. The van der Waals surface area contributed by atoms with Gasteiger partial charge in [-0.2, -0.15) is 0 Å². The SMILES string of the molecule is CCOc1ccc(C2(O)CCCCC2C)cc1OCC. The van der Waals surface area contributed by atoms with Crippen molar-refractivity contribution in [1.29, 1.82) is 0 Å². The van der Waals surface area contributed by atoms with Crippen molar-refractivity contribution < 1.29 is 14.6 Å². The summed E-state index contributed by atoms with van der Waals surface area (Å²) < 4.78 is 11.3. The highest BCUT2D eigenvalue weighted by atomic mass is 16.5. The third-order valence-corrected chi connectivity index (χ3v) is 4.30. The van der Waals surface area contributed by atoms with Crippen LogP contribution in [0, 0.1) is 5.92 Å². The fraction of sp³-hybridized carbons (Fsp3) is 0.647. The summed E-state index contributed by atoms with van der Waals surface area (Å²) in [5.74, 6) is 1.77. The average molecular weight is 278 g/mol. The van der Waals surface area contributed by atoms with E-state index in [2.05, 4.69) is 6.92 Å². The summed E-state index contributed by atoms with van der Waals surface area (Å²) in [5.41, 5.74) is 0.228. The van der Waals surface area contributed by atoms with E-state index in [0.29, 0.717) is 13.2 Å². The van der Waals surface area contributed by atoms with E-state index in [0.717, 1.165) is 36.3 Å². The van der Waals surface area contributed by atoms with Gasteiger partial charge in [-0.25, -0.2) is 0 Å². The van der Waals surface area contributed by atoms with Gasteiger partial charge in [0.15, 0.2) is 11.5 Å². The van der Waals surface area contributed by atoms with Gasteiger partial charge in [-0.3, -0.25) is 0 Å². The molecule has 0 radical (unpaired) electrons. The van der Waals surface area contributed by atoms with Crippen LogP contribution >= 0.6 is 0 Å². The molecule has 1 fully saturated rings. The molecule has 1 aliphatic rings. The van der Waals surface area contributed by atoms with E-state index in [1.54, 1.807) is 0 Å². The molecule has 1 aromatic rings. The first kappa shape index (κ1) is 15.2. The van der Waals surface area contributed by atoms with Crippen molar-refractivity contribution in [3.8, 4) is 11.5 Å². The van der Waals surface area contributed by atoms with Crippen LogP contribution in [0.15, 0.2) is 18.2 Å². The van der Waals surface area contributed by atoms with Crippen LogP contribution in [-0.4, -0.2) is 18.3 Å². The molecule has 1 aliphatic carbocycles. The summed E-state index contributed by atoms with van der Waals surface area (Å²) in [6.45, 7) is 7.26. The Kier molecular flexibility index (Phi) is 4.92. The van der Waals surface area contributed by atoms with E-state index in [9.17, 15) is 5.11 Å². The molecule has 0 saturated heterocycles. The predicted octanol–water partition coefficient (Wildman–Crippen LogP) is 3.88. The van der Waals surface area contributed by atoms with Crippen molar-refractivity contribution in [2.24, 2.45) is 5.92 Å². The van der Waals surface area contributed by atoms with Gasteiger partial charge >= 0.3 is 0 Å². The maximum atomic E-state index is 11.0. The Morgan fingerprint density at radius 2 is 1.85 bits per heavy atom. The Balaban J connectivity index is 2.34. The van der Waals surface area contributed by atoms with Gasteiger partial charge in [0.05, 0.1) is 18.8 Å². The summed E-state index contributed by atoms with van der Waals surface area (Å²) in [6.07, 6.45) is 4.19. The van der Waals surface area contributed by atoms with Crippen molar-refractivity contribution in [2.75, 3.05) is 13.2 Å². The highest BCUT2D eigenvalue weighted by Gasteiger charge is 2.38. The maximum absolute atomic E-state index is 11.0. The molecule has 0 spiro atoms. The van der Waals surface area contributed by atoms with Gasteiger partial charge in [0.1, 0.15) is 0 Å². The van der Waals surface area contributed by atoms with E-state index in [1.165, 1.54) is 6.42 Å². The monoisotopic (exact) mass is 278 g/mol. The molecule has 0 bridgehead atoms. The van der Waals surface area contributed by atoms with Crippen LogP contribution in [0.5, 0.6) is 11.5 Å². The second kappa shape index (κ2) is 6.49. The first-order valence-electron chi connectivity index (χ1n) is 7.74. The van der Waals surface area contributed by atoms with Crippen molar-refractivity contribution >= 4 is 0 Å². The fourth-order valence-electron chi connectivity index (χ4n) is 3.08. The zero-order chi connectivity index (χ0) is 14.6. The van der Waals surface area contributed by atoms with Gasteiger partial charge in [-0.15, -0.1) is 0 Å². The highest BCUT2D eigenvalue weighted by Crippen LogP contribution is 2.43. The summed E-state index contributed by atoms with van der Waals surface area (Å²) in [5, 5.41) is 11.0. The minimum Gasteiger partial charge on any atom is -0.490 e. The number of benzene rings is 1. The van der Waals surface area contributed by atoms with E-state index in [-0.39, 0.29) is 5.92 Å². The van der Waals surface area contributed by atoms with Crippen molar-refractivity contribution in [3.05, 3.63) is 23.8 Å². The predicted molar refractivity (Wildman–Crippen MR) is 80.3 cm³/mol. The molecular weight excluding hydrogens is 252 g/mol. The number of ether oxygens (including phenoxy) is 2. The first-order chi connectivity index (χ1) is 9.61. The van der Waals surface area contributed by atoms with Gasteiger partial charge in [0.2, 0.25) is 0 Å². The fourth-order valence-corrected chi connectivity index (χ4v) is 3.08. The first-order valence-corrected chi connectivity index (χ1v) is 7.74. The quantitative estimate of drug-likeness (QED) is 0.888. The molecule has 112 valence electrons. The number of hydrogen-bond donors (Lipinski definition) is 1. The summed E-state index contributed by atoms with van der Waals surface area (Å²) in [6, 6.07) is 5.86. The van der Waals surface area contributed by atoms with Gasteiger partial charge < -0.3 is 14.6 Å². The third-order valence-electron chi connectivity index (χ3n) is 4.30. The number of rotatable bonds is 5. The standard InChI is InChI=1S/C17H26O3/c1-4-19-15-10-9-14(12-16(15)20-5-2)17(18)11-7-6-8-13(17)3/h9-10,12-13,18H,4-8,11H2,1-3H3. The van der Waals surface area contributed by atoms with Gasteiger partial charge in [-0.1, -0.05) is 25.8 Å². The normalized spacial score (nSPS) is 26.3.